The van der Waals surface area contributed by atoms with Crippen molar-refractivity contribution < 1.29 is 4.79 Å². The lowest BCUT2D eigenvalue weighted by atomic mass is 10.1. The van der Waals surface area contributed by atoms with Crippen LogP contribution >= 0.6 is 23.2 Å². The van der Waals surface area contributed by atoms with Crippen LogP contribution in [0.4, 0.5) is 0 Å². The highest BCUT2D eigenvalue weighted by atomic mass is 35.5. The number of carbonyl (C=O) groups excluding carboxylic acids is 1. The summed E-state index contributed by atoms with van der Waals surface area (Å²) in [6.07, 6.45) is 4.53. The Kier molecular flexibility index (Phi) is 5.01. The first-order valence-corrected chi connectivity index (χ1v) is 8.26. The molecule has 1 aromatic carbocycles. The molecule has 0 aliphatic heterocycles. The smallest absolute Gasteiger partial charge is 0.255 e. The molecule has 6 nitrogen and oxygen atoms in total. The van der Waals surface area contributed by atoms with Gasteiger partial charge in [0.05, 0.1) is 22.3 Å². The van der Waals surface area contributed by atoms with Crippen molar-refractivity contribution in [1.29, 1.82) is 0 Å². The normalized spacial score (nSPS) is 12.0. The van der Waals surface area contributed by atoms with Crippen molar-refractivity contribution in [3.63, 3.8) is 0 Å². The molecule has 1 unspecified atom stereocenters. The minimum absolute atomic E-state index is 0.133. The van der Waals surface area contributed by atoms with Gasteiger partial charge in [-0.15, -0.1) is 0 Å². The molecule has 8 heteroatoms. The lowest BCUT2D eigenvalue weighted by Crippen LogP contribution is -2.29. The zero-order chi connectivity index (χ0) is 18.0. The number of hydrogen-bond acceptors (Lipinski definition) is 4. The first-order valence-electron chi connectivity index (χ1n) is 7.50. The second-order valence-electron chi connectivity index (χ2n) is 5.52. The number of rotatable bonds is 4. The summed E-state index contributed by atoms with van der Waals surface area (Å²) < 4.78 is 1.67. The molecule has 0 bridgehead atoms. The largest absolute Gasteiger partial charge is 0.335 e. The van der Waals surface area contributed by atoms with Crippen LogP contribution in [0, 0.1) is 0 Å². The Morgan fingerprint density at radius 1 is 1.24 bits per heavy atom. The summed E-state index contributed by atoms with van der Waals surface area (Å²) in [6.45, 7) is 1.95. The lowest BCUT2D eigenvalue weighted by molar-refractivity contribution is 0.0742. The first-order chi connectivity index (χ1) is 12.0. The second-order valence-corrected chi connectivity index (χ2v) is 6.29. The molecule has 3 rings (SSSR count). The van der Waals surface area contributed by atoms with Crippen LogP contribution in [0.1, 0.15) is 28.9 Å². The van der Waals surface area contributed by atoms with Gasteiger partial charge in [0.25, 0.3) is 5.91 Å². The summed E-state index contributed by atoms with van der Waals surface area (Å²) in [7, 11) is 1.74. The highest BCUT2D eigenvalue weighted by molar-refractivity contribution is 6.41. The van der Waals surface area contributed by atoms with E-state index in [0.717, 1.165) is 11.3 Å². The molecule has 0 spiro atoms. The molecule has 0 saturated carbocycles. The third kappa shape index (κ3) is 3.65. The van der Waals surface area contributed by atoms with Crippen LogP contribution in [0.2, 0.25) is 10.2 Å². The van der Waals surface area contributed by atoms with Gasteiger partial charge in [-0.1, -0.05) is 35.3 Å². The number of amides is 1. The van der Waals surface area contributed by atoms with Gasteiger partial charge in [-0.3, -0.25) is 4.79 Å². The zero-order valence-electron chi connectivity index (χ0n) is 13.6. The Morgan fingerprint density at radius 2 is 1.96 bits per heavy atom. The van der Waals surface area contributed by atoms with Crippen molar-refractivity contribution in [1.82, 2.24) is 24.6 Å². The van der Waals surface area contributed by atoms with E-state index in [1.54, 1.807) is 23.0 Å². The molecule has 0 aliphatic rings. The van der Waals surface area contributed by atoms with E-state index in [-0.39, 0.29) is 22.1 Å². The van der Waals surface area contributed by atoms with Gasteiger partial charge in [0.2, 0.25) is 0 Å². The SMILES string of the molecule is CC(c1ccc(-n2cncn2)cc1)N(C)C(=O)c1cnc(Cl)c(Cl)c1. The van der Waals surface area contributed by atoms with E-state index in [1.807, 2.05) is 31.2 Å². The fraction of sp³-hybridized carbons (Fsp3) is 0.176. The summed E-state index contributed by atoms with van der Waals surface area (Å²) >= 11 is 11.7. The van der Waals surface area contributed by atoms with Crippen molar-refractivity contribution in [3.8, 4) is 5.69 Å². The molecule has 0 aliphatic carbocycles. The van der Waals surface area contributed by atoms with Gasteiger partial charge in [-0.2, -0.15) is 5.10 Å². The van der Waals surface area contributed by atoms with E-state index in [2.05, 4.69) is 15.1 Å². The minimum atomic E-state index is -0.182. The highest BCUT2D eigenvalue weighted by Gasteiger charge is 2.20. The van der Waals surface area contributed by atoms with Gasteiger partial charge in [-0.05, 0) is 30.7 Å². The topological polar surface area (TPSA) is 63.9 Å². The standard InChI is InChI=1S/C17H15Cl2N5O/c1-11(12-3-5-14(6-4-12)24-10-20-9-22-24)23(2)17(25)13-7-15(18)16(19)21-8-13/h3-11H,1-2H3. The van der Waals surface area contributed by atoms with Crippen LogP contribution in [0.15, 0.2) is 49.2 Å². The van der Waals surface area contributed by atoms with Crippen LogP contribution in [-0.2, 0) is 0 Å². The molecule has 1 atom stereocenters. The Bertz CT molecular complexity index is 881. The summed E-state index contributed by atoms with van der Waals surface area (Å²) in [5, 5.41) is 4.52. The van der Waals surface area contributed by atoms with Gasteiger partial charge in [-0.25, -0.2) is 14.6 Å². The Hall–Kier alpha value is -2.44. The first kappa shape index (κ1) is 17.4. The molecular weight excluding hydrogens is 361 g/mol. The van der Waals surface area contributed by atoms with E-state index in [9.17, 15) is 4.79 Å². The van der Waals surface area contributed by atoms with Crippen molar-refractivity contribution in [2.24, 2.45) is 0 Å². The van der Waals surface area contributed by atoms with Crippen molar-refractivity contribution in [2.75, 3.05) is 7.05 Å². The van der Waals surface area contributed by atoms with Crippen molar-refractivity contribution in [2.45, 2.75) is 13.0 Å². The van der Waals surface area contributed by atoms with E-state index >= 15 is 0 Å². The highest BCUT2D eigenvalue weighted by Crippen LogP contribution is 2.24. The molecule has 0 fully saturated rings. The quantitative estimate of drug-likeness (QED) is 0.650. The lowest BCUT2D eigenvalue weighted by Gasteiger charge is -2.25. The summed E-state index contributed by atoms with van der Waals surface area (Å²) in [6, 6.07) is 9.17. The average molecular weight is 376 g/mol. The number of nitrogens with zero attached hydrogens (tertiary/aromatic N) is 5. The predicted molar refractivity (Wildman–Crippen MR) is 96.1 cm³/mol. The zero-order valence-corrected chi connectivity index (χ0v) is 15.1. The van der Waals surface area contributed by atoms with Crippen LogP contribution < -0.4 is 0 Å². The molecule has 0 saturated heterocycles. The number of hydrogen-bond donors (Lipinski definition) is 0. The molecule has 128 valence electrons. The molecule has 3 aromatic rings. The fourth-order valence-electron chi connectivity index (χ4n) is 2.39. The number of pyridine rings is 1. The van der Waals surface area contributed by atoms with Crippen LogP contribution in [0.5, 0.6) is 0 Å². The average Bonchev–Trinajstić information content (AvgIpc) is 3.17. The van der Waals surface area contributed by atoms with Gasteiger partial charge >= 0.3 is 0 Å². The van der Waals surface area contributed by atoms with Gasteiger partial charge in [0.15, 0.2) is 0 Å². The molecule has 2 aromatic heterocycles. The maximum atomic E-state index is 12.6. The summed E-state index contributed by atoms with van der Waals surface area (Å²) in [5.74, 6) is -0.182. The monoisotopic (exact) mass is 375 g/mol. The molecule has 0 radical (unpaired) electrons. The van der Waals surface area contributed by atoms with Crippen LogP contribution in [0.3, 0.4) is 0 Å². The number of aromatic nitrogens is 4. The fourth-order valence-corrected chi connectivity index (χ4v) is 2.66. The summed E-state index contributed by atoms with van der Waals surface area (Å²) in [5.41, 5.74) is 2.28. The molecule has 1 amide bonds. The van der Waals surface area contributed by atoms with E-state index in [4.69, 9.17) is 23.2 Å². The Morgan fingerprint density at radius 3 is 2.56 bits per heavy atom. The summed E-state index contributed by atoms with van der Waals surface area (Å²) in [4.78, 5) is 22.1. The van der Waals surface area contributed by atoms with Crippen LogP contribution in [-0.4, -0.2) is 37.6 Å². The third-order valence-corrected chi connectivity index (χ3v) is 4.69. The Labute approximate surface area is 155 Å². The number of carbonyl (C=O) groups is 1. The van der Waals surface area contributed by atoms with E-state index in [1.165, 1.54) is 18.6 Å². The minimum Gasteiger partial charge on any atom is -0.335 e. The number of halogens is 2. The van der Waals surface area contributed by atoms with Gasteiger partial charge in [0.1, 0.15) is 17.8 Å². The maximum absolute atomic E-state index is 12.6. The Balaban J connectivity index is 1.78. The van der Waals surface area contributed by atoms with Gasteiger partial charge in [0, 0.05) is 13.2 Å². The maximum Gasteiger partial charge on any atom is 0.255 e. The van der Waals surface area contributed by atoms with Crippen molar-refractivity contribution >= 4 is 29.1 Å². The third-order valence-electron chi connectivity index (χ3n) is 4.00. The molecule has 25 heavy (non-hydrogen) atoms. The van der Waals surface area contributed by atoms with Crippen molar-refractivity contribution in [3.05, 3.63) is 70.5 Å². The molecule has 2 heterocycles. The van der Waals surface area contributed by atoms with Gasteiger partial charge < -0.3 is 4.90 Å². The molecule has 0 N–H and O–H groups in total. The van der Waals surface area contributed by atoms with E-state index < -0.39 is 0 Å². The van der Waals surface area contributed by atoms with Crippen LogP contribution in [0.25, 0.3) is 5.69 Å². The van der Waals surface area contributed by atoms with E-state index in [0.29, 0.717) is 5.56 Å². The predicted octanol–water partition coefficient (Wildman–Crippen LogP) is 3.80. The number of benzene rings is 1. The molecular formula is C17H15Cl2N5O. The second kappa shape index (κ2) is 7.21.